The molecular formula is C24H18F5N3O5. The van der Waals surface area contributed by atoms with Crippen LogP contribution in [0.25, 0.3) is 0 Å². The van der Waals surface area contributed by atoms with Crippen molar-refractivity contribution in [3.8, 4) is 5.75 Å². The minimum Gasteiger partial charge on any atom is -0.503 e. The van der Waals surface area contributed by atoms with Gasteiger partial charge in [0.15, 0.2) is 23.7 Å². The lowest BCUT2D eigenvalue weighted by Crippen LogP contribution is -2.62. The fraction of sp³-hybridized carbons (Fsp3) is 0.458. The van der Waals surface area contributed by atoms with E-state index in [4.69, 9.17) is 4.74 Å². The zero-order valence-corrected chi connectivity index (χ0v) is 18.8. The summed E-state index contributed by atoms with van der Waals surface area (Å²) in [6.45, 7) is -0.0368. The maximum atomic E-state index is 14.1. The van der Waals surface area contributed by atoms with Gasteiger partial charge in [0, 0.05) is 29.3 Å². The molecule has 13 heteroatoms. The SMILES string of the molecule is O=C(N[C@@H](c1ccc(F)cc1F)C(F)(F)F)c1cn2c(c(O)c1=O)C(=O)N1C3C[C@]34C(O[C@@H]1C2)[C@@H]1C[C@@H]14. The number of alkyl halides is 3. The number of aromatic hydroxyl groups is 1. The fourth-order valence-electron chi connectivity index (χ4n) is 6.81. The van der Waals surface area contributed by atoms with Crippen LogP contribution in [0.4, 0.5) is 22.0 Å². The van der Waals surface area contributed by atoms with Crippen molar-refractivity contribution in [3.63, 3.8) is 0 Å². The maximum absolute atomic E-state index is 14.1. The summed E-state index contributed by atoms with van der Waals surface area (Å²) in [7, 11) is 0. The molecule has 1 spiro atoms. The monoisotopic (exact) mass is 523 g/mol. The quantitative estimate of drug-likeness (QED) is 0.603. The standard InChI is InChI=1S/C24H18F5N3O5/c25-8-1-2-9(13(26)3-8)19(24(27,28)29)30-21(35)11-6-31-7-15-32(22(36)16(31)18(34)17(11)33)14-5-23(14)12-4-10(12)20(23)37-15/h1-3,6,10,12,14-15,19-20,34H,4-5,7H2,(H,30,35)/t10-,12+,14?,15-,19+,20?,23-/m1/s1. The van der Waals surface area contributed by atoms with Crippen molar-refractivity contribution in [1.82, 2.24) is 14.8 Å². The Morgan fingerprint density at radius 1 is 1.24 bits per heavy atom. The number of aromatic nitrogens is 1. The number of hydrogen-bond donors (Lipinski definition) is 2. The third kappa shape index (κ3) is 2.88. The summed E-state index contributed by atoms with van der Waals surface area (Å²) >= 11 is 0. The molecule has 194 valence electrons. The van der Waals surface area contributed by atoms with Crippen LogP contribution < -0.4 is 10.7 Å². The number of halogens is 5. The molecule has 0 radical (unpaired) electrons. The smallest absolute Gasteiger partial charge is 0.412 e. The van der Waals surface area contributed by atoms with Crippen LogP contribution in [0.1, 0.15) is 45.3 Å². The van der Waals surface area contributed by atoms with Gasteiger partial charge in [-0.25, -0.2) is 8.78 Å². The number of nitrogens with zero attached hydrogens (tertiary/aromatic N) is 2. The molecule has 3 aliphatic carbocycles. The third-order valence-electron chi connectivity index (χ3n) is 8.57. The molecule has 2 amide bonds. The predicted octanol–water partition coefficient (Wildman–Crippen LogP) is 2.45. The van der Waals surface area contributed by atoms with Gasteiger partial charge >= 0.3 is 6.18 Å². The second-order valence-electron chi connectivity index (χ2n) is 10.4. The molecule has 7 atom stereocenters. The molecule has 2 aromatic rings. The molecular weight excluding hydrogens is 505 g/mol. The zero-order chi connectivity index (χ0) is 26.2. The number of pyridine rings is 1. The molecule has 1 saturated heterocycles. The molecule has 3 heterocycles. The number of fused-ring (bicyclic) bond motifs is 5. The van der Waals surface area contributed by atoms with Crippen molar-refractivity contribution < 1.29 is 41.4 Å². The second-order valence-corrected chi connectivity index (χ2v) is 10.4. The number of amides is 2. The van der Waals surface area contributed by atoms with Gasteiger partial charge in [-0.05, 0) is 30.7 Å². The molecule has 2 unspecified atom stereocenters. The minimum absolute atomic E-state index is 0.0204. The van der Waals surface area contributed by atoms with E-state index in [-0.39, 0.29) is 35.9 Å². The first-order valence-electron chi connectivity index (χ1n) is 11.7. The lowest BCUT2D eigenvalue weighted by molar-refractivity contribution is -0.202. The summed E-state index contributed by atoms with van der Waals surface area (Å²) in [6, 6.07) is -1.59. The third-order valence-corrected chi connectivity index (χ3v) is 8.57. The highest BCUT2D eigenvalue weighted by molar-refractivity contribution is 5.99. The molecule has 4 fully saturated rings. The van der Waals surface area contributed by atoms with Gasteiger partial charge in [0.25, 0.3) is 11.8 Å². The summed E-state index contributed by atoms with van der Waals surface area (Å²) in [5, 5.41) is 12.1. The van der Waals surface area contributed by atoms with Crippen molar-refractivity contribution in [2.75, 3.05) is 0 Å². The Bertz CT molecular complexity index is 1470. The van der Waals surface area contributed by atoms with Gasteiger partial charge in [-0.3, -0.25) is 14.4 Å². The van der Waals surface area contributed by atoms with Gasteiger partial charge in [-0.15, -0.1) is 0 Å². The number of ether oxygens (including phenoxy) is 1. The van der Waals surface area contributed by atoms with E-state index in [1.807, 2.05) is 0 Å². The number of nitrogens with one attached hydrogen (secondary N) is 1. The van der Waals surface area contributed by atoms with Crippen LogP contribution in [-0.2, 0) is 11.3 Å². The predicted molar refractivity (Wildman–Crippen MR) is 112 cm³/mol. The fourth-order valence-corrected chi connectivity index (χ4v) is 6.81. The molecule has 0 bridgehead atoms. The Morgan fingerprint density at radius 2 is 2.00 bits per heavy atom. The Morgan fingerprint density at radius 3 is 2.70 bits per heavy atom. The summed E-state index contributed by atoms with van der Waals surface area (Å²) < 4.78 is 75.8. The maximum Gasteiger partial charge on any atom is 0.412 e. The van der Waals surface area contributed by atoms with E-state index in [1.165, 1.54) is 4.90 Å². The van der Waals surface area contributed by atoms with Gasteiger partial charge in [0.2, 0.25) is 5.43 Å². The van der Waals surface area contributed by atoms with E-state index in [0.29, 0.717) is 24.0 Å². The number of rotatable bonds is 3. The van der Waals surface area contributed by atoms with Crippen LogP contribution >= 0.6 is 0 Å². The van der Waals surface area contributed by atoms with Gasteiger partial charge in [0.05, 0.1) is 12.6 Å². The van der Waals surface area contributed by atoms with Crippen LogP contribution in [-0.4, -0.2) is 50.9 Å². The van der Waals surface area contributed by atoms with Gasteiger partial charge in [0.1, 0.15) is 17.2 Å². The topological polar surface area (TPSA) is 101 Å². The van der Waals surface area contributed by atoms with Crippen molar-refractivity contribution in [1.29, 1.82) is 0 Å². The molecule has 7 rings (SSSR count). The molecule has 1 aromatic heterocycles. The van der Waals surface area contributed by atoms with Gasteiger partial charge in [-0.1, -0.05) is 6.07 Å². The van der Waals surface area contributed by atoms with Crippen molar-refractivity contribution in [2.24, 2.45) is 17.3 Å². The molecule has 37 heavy (non-hydrogen) atoms. The average Bonchev–Trinajstić information content (AvgIpc) is 3.71. The second kappa shape index (κ2) is 6.88. The van der Waals surface area contributed by atoms with E-state index in [1.54, 1.807) is 5.32 Å². The lowest BCUT2D eigenvalue weighted by atomic mass is 9.76. The van der Waals surface area contributed by atoms with Crippen LogP contribution in [0.2, 0.25) is 0 Å². The highest BCUT2D eigenvalue weighted by Gasteiger charge is 2.85. The van der Waals surface area contributed by atoms with Crippen molar-refractivity contribution >= 4 is 11.8 Å². The van der Waals surface area contributed by atoms with Crippen LogP contribution in [0.5, 0.6) is 5.75 Å². The summed E-state index contributed by atoms with van der Waals surface area (Å²) in [5.74, 6) is -4.95. The molecule has 2 N–H and O–H groups in total. The lowest BCUT2D eigenvalue weighted by Gasteiger charge is -2.50. The summed E-state index contributed by atoms with van der Waals surface area (Å²) in [6.07, 6.45) is -3.17. The Balaban J connectivity index is 1.22. The first-order chi connectivity index (χ1) is 17.4. The Kier molecular flexibility index (Phi) is 4.22. The number of hydrogen-bond acceptors (Lipinski definition) is 5. The van der Waals surface area contributed by atoms with Crippen LogP contribution in [0.3, 0.4) is 0 Å². The van der Waals surface area contributed by atoms with Crippen LogP contribution in [0.15, 0.2) is 29.2 Å². The van der Waals surface area contributed by atoms with Gasteiger partial charge in [-0.2, -0.15) is 13.2 Å². The van der Waals surface area contributed by atoms with E-state index < -0.39 is 64.2 Å². The highest BCUT2D eigenvalue weighted by atomic mass is 19.4. The first-order valence-corrected chi connectivity index (χ1v) is 11.7. The number of benzene rings is 1. The van der Waals surface area contributed by atoms with E-state index in [0.717, 1.165) is 23.6 Å². The molecule has 5 aliphatic rings. The van der Waals surface area contributed by atoms with Crippen LogP contribution in [0, 0.1) is 28.9 Å². The highest BCUT2D eigenvalue weighted by Crippen LogP contribution is 2.81. The Labute approximate surface area is 204 Å². The molecule has 2 aliphatic heterocycles. The van der Waals surface area contributed by atoms with E-state index in [9.17, 15) is 41.4 Å². The number of carbonyl (C=O) groups excluding carboxylic acids is 2. The molecule has 8 nitrogen and oxygen atoms in total. The largest absolute Gasteiger partial charge is 0.503 e. The summed E-state index contributed by atoms with van der Waals surface area (Å²) in [4.78, 5) is 40.5. The van der Waals surface area contributed by atoms with Crippen molar-refractivity contribution in [3.05, 3.63) is 63.1 Å². The van der Waals surface area contributed by atoms with Gasteiger partial charge < -0.3 is 24.6 Å². The molecule has 3 saturated carbocycles. The normalized spacial score (nSPS) is 33.2. The van der Waals surface area contributed by atoms with E-state index in [2.05, 4.69) is 0 Å². The first kappa shape index (κ1) is 22.7. The number of carbonyl (C=O) groups is 2. The molecule has 1 aromatic carbocycles. The van der Waals surface area contributed by atoms with Crippen molar-refractivity contribution in [2.45, 2.75) is 50.0 Å². The zero-order valence-electron chi connectivity index (χ0n) is 18.8. The Hall–Kier alpha value is -3.48. The minimum atomic E-state index is -5.20. The summed E-state index contributed by atoms with van der Waals surface area (Å²) in [5.41, 5.74) is -3.70. The average molecular weight is 523 g/mol. The van der Waals surface area contributed by atoms with E-state index >= 15 is 0 Å².